The molecule has 1 amide bonds. The number of ether oxygens (including phenoxy) is 5. The Hall–Kier alpha value is -3.89. The largest absolute Gasteiger partial charge is 0.461 e. The Morgan fingerprint density at radius 3 is 1.54 bits per heavy atom. The van der Waals surface area contributed by atoms with Gasteiger partial charge in [0.15, 0.2) is 0 Å². The Kier molecular flexibility index (Phi) is 19.4. The first-order valence-electron chi connectivity index (χ1n) is 11.4. The molecule has 1 N–H and O–H groups in total. The molecule has 11 heteroatoms. The molecule has 0 aromatic carbocycles. The summed E-state index contributed by atoms with van der Waals surface area (Å²) in [7, 11) is 0. The molecule has 0 radical (unpaired) electrons. The lowest BCUT2D eigenvalue weighted by molar-refractivity contribution is -0.153. The monoisotopic (exact) mass is 525 g/mol. The molecule has 0 aliphatic rings. The Balaban J connectivity index is 0. The van der Waals surface area contributed by atoms with Gasteiger partial charge >= 0.3 is 30.0 Å². The van der Waals surface area contributed by atoms with Crippen LogP contribution in [0.25, 0.3) is 0 Å². The van der Waals surface area contributed by atoms with Crippen molar-refractivity contribution in [1.82, 2.24) is 5.32 Å². The number of alkyl carbamates (subject to hydrolysis) is 1. The van der Waals surface area contributed by atoms with E-state index in [1.165, 1.54) is 24.3 Å². The number of nitrogens with one attached hydrogen (secondary N) is 1. The molecule has 0 bridgehead atoms. The summed E-state index contributed by atoms with van der Waals surface area (Å²) < 4.78 is 24.2. The Bertz CT molecular complexity index is 798. The zero-order chi connectivity index (χ0) is 28.9. The van der Waals surface area contributed by atoms with Gasteiger partial charge in [0.1, 0.15) is 38.1 Å². The molecule has 0 spiro atoms. The zero-order valence-electron chi connectivity index (χ0n) is 22.1. The summed E-state index contributed by atoms with van der Waals surface area (Å²) in [6.07, 6.45) is 4.53. The van der Waals surface area contributed by atoms with Crippen LogP contribution in [0.3, 0.4) is 0 Å². The van der Waals surface area contributed by atoms with E-state index >= 15 is 0 Å². The summed E-state index contributed by atoms with van der Waals surface area (Å²) in [6.45, 7) is 20.6. The topological polar surface area (TPSA) is 144 Å². The lowest BCUT2D eigenvalue weighted by Crippen LogP contribution is -2.45. The number of carbonyl (C=O) groups is 5. The van der Waals surface area contributed by atoms with Crippen molar-refractivity contribution in [2.24, 2.45) is 5.92 Å². The summed E-state index contributed by atoms with van der Waals surface area (Å²) in [5, 5.41) is 2.29. The van der Waals surface area contributed by atoms with Crippen LogP contribution in [0.2, 0.25) is 0 Å². The molecule has 11 nitrogen and oxygen atoms in total. The van der Waals surface area contributed by atoms with Gasteiger partial charge in [-0.3, -0.25) is 14.4 Å². The molecular formula is C26H39NO10. The lowest BCUT2D eigenvalue weighted by atomic mass is 10.1. The van der Waals surface area contributed by atoms with E-state index in [1.807, 2.05) is 0 Å². The van der Waals surface area contributed by atoms with Crippen LogP contribution in [-0.4, -0.2) is 68.0 Å². The second kappa shape index (κ2) is 20.3. The van der Waals surface area contributed by atoms with Gasteiger partial charge in [-0.1, -0.05) is 57.5 Å². The molecule has 0 aliphatic carbocycles. The predicted octanol–water partition coefficient (Wildman–Crippen LogP) is 3.20. The number of rotatable bonds is 15. The normalized spacial score (nSPS) is 11.6. The summed E-state index contributed by atoms with van der Waals surface area (Å²) in [6, 6.07) is -1.20. The van der Waals surface area contributed by atoms with E-state index < -0.39 is 47.5 Å². The quantitative estimate of drug-likeness (QED) is 0.192. The van der Waals surface area contributed by atoms with Crippen LogP contribution in [-0.2, 0) is 42.9 Å². The average Bonchev–Trinajstić information content (AvgIpc) is 2.81. The zero-order valence-corrected chi connectivity index (χ0v) is 22.1. The van der Waals surface area contributed by atoms with E-state index in [9.17, 15) is 24.0 Å². The van der Waals surface area contributed by atoms with Crippen LogP contribution in [0, 0.1) is 5.92 Å². The molecule has 0 aromatic heterocycles. The SMILES string of the molecule is C=CCOC(=O)CC(C)C(=O)OCC=C.C=CCOC(=O)CC(NC(=O)OC(C)(C)C)C(=O)OCC=C. The molecule has 2 atom stereocenters. The van der Waals surface area contributed by atoms with Gasteiger partial charge in [0, 0.05) is 0 Å². The molecule has 0 saturated heterocycles. The van der Waals surface area contributed by atoms with E-state index in [1.54, 1.807) is 27.7 Å². The Labute approximate surface area is 218 Å². The fourth-order valence-corrected chi connectivity index (χ4v) is 2.09. The summed E-state index contributed by atoms with van der Waals surface area (Å²) >= 11 is 0. The highest BCUT2D eigenvalue weighted by atomic mass is 16.6. The second-order valence-corrected chi connectivity index (χ2v) is 8.29. The van der Waals surface area contributed by atoms with Crippen molar-refractivity contribution < 1.29 is 47.7 Å². The number of hydrogen-bond donors (Lipinski definition) is 1. The molecule has 2 unspecified atom stereocenters. The van der Waals surface area contributed by atoms with Gasteiger partial charge in [-0.25, -0.2) is 9.59 Å². The molecule has 0 heterocycles. The van der Waals surface area contributed by atoms with Crippen molar-refractivity contribution in [1.29, 1.82) is 0 Å². The van der Waals surface area contributed by atoms with Crippen LogP contribution in [0.15, 0.2) is 50.6 Å². The van der Waals surface area contributed by atoms with Crippen LogP contribution >= 0.6 is 0 Å². The van der Waals surface area contributed by atoms with E-state index in [0.29, 0.717) is 0 Å². The third-order valence-electron chi connectivity index (χ3n) is 3.63. The fourth-order valence-electron chi connectivity index (χ4n) is 2.09. The lowest BCUT2D eigenvalue weighted by Gasteiger charge is -2.22. The van der Waals surface area contributed by atoms with E-state index in [4.69, 9.17) is 23.7 Å². The second-order valence-electron chi connectivity index (χ2n) is 8.29. The first-order valence-corrected chi connectivity index (χ1v) is 11.4. The number of hydrogen-bond acceptors (Lipinski definition) is 10. The molecule has 0 saturated carbocycles. The van der Waals surface area contributed by atoms with Crippen molar-refractivity contribution in [3.8, 4) is 0 Å². The molecule has 208 valence electrons. The van der Waals surface area contributed by atoms with Gasteiger partial charge in [0.25, 0.3) is 0 Å². The highest BCUT2D eigenvalue weighted by Crippen LogP contribution is 2.08. The minimum Gasteiger partial charge on any atom is -0.461 e. The van der Waals surface area contributed by atoms with Gasteiger partial charge in [-0.15, -0.1) is 0 Å². The van der Waals surface area contributed by atoms with Gasteiger partial charge in [-0.2, -0.15) is 0 Å². The highest BCUT2D eigenvalue weighted by Gasteiger charge is 2.28. The van der Waals surface area contributed by atoms with Gasteiger partial charge in [0.05, 0.1) is 18.8 Å². The minimum absolute atomic E-state index is 0.0136. The number of amides is 1. The average molecular weight is 526 g/mol. The summed E-state index contributed by atoms with van der Waals surface area (Å²) in [4.78, 5) is 57.4. The molecule has 0 rings (SSSR count). The maximum absolute atomic E-state index is 11.8. The minimum atomic E-state index is -1.20. The third kappa shape index (κ3) is 21.1. The number of esters is 4. The fraction of sp³-hybridized carbons (Fsp3) is 0.500. The van der Waals surface area contributed by atoms with Crippen molar-refractivity contribution in [2.45, 2.75) is 52.2 Å². The summed E-state index contributed by atoms with van der Waals surface area (Å²) in [5.74, 6) is -2.80. The van der Waals surface area contributed by atoms with Gasteiger partial charge < -0.3 is 29.0 Å². The first-order chi connectivity index (χ1) is 17.3. The molecule has 0 aliphatic heterocycles. The van der Waals surface area contributed by atoms with E-state index in [0.717, 1.165) is 0 Å². The maximum atomic E-state index is 11.8. The van der Waals surface area contributed by atoms with Gasteiger partial charge in [0.2, 0.25) is 0 Å². The summed E-state index contributed by atoms with van der Waals surface area (Å²) in [5.41, 5.74) is -0.733. The first kappa shape index (κ1) is 35.3. The molecule has 0 aromatic rings. The Morgan fingerprint density at radius 2 is 1.11 bits per heavy atom. The standard InChI is InChI=1S/C15H23NO6.C11H16O4/c1-6-8-20-12(17)10-11(13(18)21-9-7-2)16-14(19)22-15(3,4)5;1-4-6-14-10(12)8-9(3)11(13)15-7-5-2/h6-7,11H,1-2,8-10H2,3-5H3,(H,16,19);4-5,9H,1-2,6-8H2,3H3. The molecule has 37 heavy (non-hydrogen) atoms. The third-order valence-corrected chi connectivity index (χ3v) is 3.63. The van der Waals surface area contributed by atoms with Crippen LogP contribution in [0.4, 0.5) is 4.79 Å². The highest BCUT2D eigenvalue weighted by molar-refractivity contribution is 5.86. The molecule has 0 fully saturated rings. The van der Waals surface area contributed by atoms with Crippen molar-refractivity contribution in [3.05, 3.63) is 50.6 Å². The van der Waals surface area contributed by atoms with Crippen molar-refractivity contribution >= 4 is 30.0 Å². The van der Waals surface area contributed by atoms with Gasteiger partial charge in [-0.05, 0) is 20.8 Å². The number of carbonyl (C=O) groups excluding carboxylic acids is 5. The van der Waals surface area contributed by atoms with Crippen LogP contribution < -0.4 is 5.32 Å². The predicted molar refractivity (Wildman–Crippen MR) is 136 cm³/mol. The van der Waals surface area contributed by atoms with Crippen molar-refractivity contribution in [2.75, 3.05) is 26.4 Å². The van der Waals surface area contributed by atoms with Crippen LogP contribution in [0.1, 0.15) is 40.5 Å². The van der Waals surface area contributed by atoms with Crippen LogP contribution in [0.5, 0.6) is 0 Å². The smallest absolute Gasteiger partial charge is 0.408 e. The van der Waals surface area contributed by atoms with E-state index in [2.05, 4.69) is 31.6 Å². The van der Waals surface area contributed by atoms with E-state index in [-0.39, 0.29) is 39.3 Å². The Morgan fingerprint density at radius 1 is 0.703 bits per heavy atom. The maximum Gasteiger partial charge on any atom is 0.408 e. The van der Waals surface area contributed by atoms with Crippen molar-refractivity contribution in [3.63, 3.8) is 0 Å². The molecular weight excluding hydrogens is 486 g/mol.